The fourth-order valence-corrected chi connectivity index (χ4v) is 5.27. The monoisotopic (exact) mass is 507 g/mol. The third kappa shape index (κ3) is 4.88. The molecule has 0 aromatic heterocycles. The van der Waals surface area contributed by atoms with E-state index in [0.29, 0.717) is 34.7 Å². The lowest BCUT2D eigenvalue weighted by Crippen LogP contribution is -2.43. The number of Topliss-reactive ketones (excluding diaryl/α,β-unsaturated/α-hetero) is 1. The first-order valence-electron chi connectivity index (χ1n) is 12.3. The standard InChI is InChI=1S/C29H30FNO6/c1-5-36-28(33)23-16(3)31-21-15-20(19-9-7-8-10-22(19)35-4)25(29(34)37-6-2)27(32)26(21)24(23)17-11-13-18(30)14-12-17/h7-14,20,24-25,31H,5-6,15H2,1-4H3/t20-,24+,25-/m0/s1. The predicted octanol–water partition coefficient (Wildman–Crippen LogP) is 4.55. The second-order valence-corrected chi connectivity index (χ2v) is 8.91. The van der Waals surface area contributed by atoms with Crippen molar-refractivity contribution in [2.24, 2.45) is 5.92 Å². The van der Waals surface area contributed by atoms with Gasteiger partial charge in [-0.05, 0) is 56.5 Å². The molecule has 194 valence electrons. The van der Waals surface area contributed by atoms with E-state index < -0.39 is 41.3 Å². The lowest BCUT2D eigenvalue weighted by Gasteiger charge is -2.39. The minimum Gasteiger partial charge on any atom is -0.496 e. The first-order chi connectivity index (χ1) is 17.8. The molecule has 7 nitrogen and oxygen atoms in total. The molecular weight excluding hydrogens is 477 g/mol. The highest BCUT2D eigenvalue weighted by Crippen LogP contribution is 2.49. The van der Waals surface area contributed by atoms with Crippen molar-refractivity contribution >= 4 is 17.7 Å². The Morgan fingerprint density at radius 1 is 1.03 bits per heavy atom. The highest BCUT2D eigenvalue weighted by molar-refractivity contribution is 6.13. The molecule has 2 aromatic rings. The third-order valence-corrected chi connectivity index (χ3v) is 6.80. The van der Waals surface area contributed by atoms with Gasteiger partial charge in [0.2, 0.25) is 0 Å². The number of hydrogen-bond acceptors (Lipinski definition) is 7. The van der Waals surface area contributed by atoms with Crippen molar-refractivity contribution in [2.45, 2.75) is 39.0 Å². The van der Waals surface area contributed by atoms with E-state index in [1.807, 2.05) is 18.2 Å². The molecule has 3 atom stereocenters. The summed E-state index contributed by atoms with van der Waals surface area (Å²) in [6.07, 6.45) is 0.302. The predicted molar refractivity (Wildman–Crippen MR) is 134 cm³/mol. The van der Waals surface area contributed by atoms with Crippen LogP contribution in [-0.2, 0) is 23.9 Å². The van der Waals surface area contributed by atoms with Crippen molar-refractivity contribution in [3.8, 4) is 5.75 Å². The van der Waals surface area contributed by atoms with Crippen LogP contribution in [0.4, 0.5) is 4.39 Å². The van der Waals surface area contributed by atoms with Gasteiger partial charge in [0, 0.05) is 28.8 Å². The Morgan fingerprint density at radius 2 is 1.70 bits per heavy atom. The highest BCUT2D eigenvalue weighted by Gasteiger charge is 2.49. The van der Waals surface area contributed by atoms with Crippen LogP contribution in [0.25, 0.3) is 0 Å². The van der Waals surface area contributed by atoms with E-state index in [2.05, 4.69) is 5.32 Å². The zero-order valence-corrected chi connectivity index (χ0v) is 21.3. The molecule has 0 spiro atoms. The number of nitrogens with one attached hydrogen (secondary N) is 1. The smallest absolute Gasteiger partial charge is 0.336 e. The number of methoxy groups -OCH3 is 1. The van der Waals surface area contributed by atoms with E-state index in [-0.39, 0.29) is 24.4 Å². The molecule has 0 saturated carbocycles. The molecule has 1 N–H and O–H groups in total. The third-order valence-electron chi connectivity index (χ3n) is 6.80. The molecule has 4 rings (SSSR count). The van der Waals surface area contributed by atoms with Gasteiger partial charge in [-0.15, -0.1) is 0 Å². The molecule has 0 fully saturated rings. The van der Waals surface area contributed by atoms with Gasteiger partial charge in [-0.25, -0.2) is 9.18 Å². The summed E-state index contributed by atoms with van der Waals surface area (Å²) in [7, 11) is 1.54. The molecule has 0 saturated heterocycles. The number of rotatable bonds is 7. The Labute approximate surface area is 215 Å². The zero-order chi connectivity index (χ0) is 26.7. The maximum absolute atomic E-state index is 14.3. The van der Waals surface area contributed by atoms with E-state index in [4.69, 9.17) is 14.2 Å². The summed E-state index contributed by atoms with van der Waals surface area (Å²) < 4.78 is 30.0. The number of ketones is 1. The summed E-state index contributed by atoms with van der Waals surface area (Å²) in [5.74, 6) is -4.10. The molecule has 0 bridgehead atoms. The molecule has 0 radical (unpaired) electrons. The fourth-order valence-electron chi connectivity index (χ4n) is 5.27. The summed E-state index contributed by atoms with van der Waals surface area (Å²) >= 11 is 0. The minimum absolute atomic E-state index is 0.111. The Kier molecular flexibility index (Phi) is 7.76. The Morgan fingerprint density at radius 3 is 2.35 bits per heavy atom. The minimum atomic E-state index is -1.15. The first-order valence-corrected chi connectivity index (χ1v) is 12.3. The van der Waals surface area contributed by atoms with Crippen molar-refractivity contribution in [3.05, 3.63) is 88.0 Å². The van der Waals surface area contributed by atoms with Gasteiger partial charge < -0.3 is 19.5 Å². The summed E-state index contributed by atoms with van der Waals surface area (Å²) in [5.41, 5.74) is 2.92. The van der Waals surface area contributed by atoms with Gasteiger partial charge in [-0.1, -0.05) is 30.3 Å². The van der Waals surface area contributed by atoms with Gasteiger partial charge in [0.25, 0.3) is 0 Å². The number of esters is 2. The topological polar surface area (TPSA) is 90.9 Å². The van der Waals surface area contributed by atoms with Crippen molar-refractivity contribution in [3.63, 3.8) is 0 Å². The van der Waals surface area contributed by atoms with E-state index in [0.717, 1.165) is 0 Å². The second kappa shape index (κ2) is 11.0. The highest BCUT2D eigenvalue weighted by atomic mass is 19.1. The molecule has 37 heavy (non-hydrogen) atoms. The van der Waals surface area contributed by atoms with Crippen LogP contribution in [0.15, 0.2) is 71.1 Å². The SMILES string of the molecule is CCOC(=O)C1=C(C)NC2=C(C(=O)[C@@H](C(=O)OCC)[C@H](c3ccccc3OC)C2)[C@@H]1c1ccc(F)cc1. The van der Waals surface area contributed by atoms with E-state index in [9.17, 15) is 18.8 Å². The van der Waals surface area contributed by atoms with Crippen LogP contribution < -0.4 is 10.1 Å². The van der Waals surface area contributed by atoms with Gasteiger partial charge in [0.1, 0.15) is 17.5 Å². The van der Waals surface area contributed by atoms with Crippen molar-refractivity contribution in [2.75, 3.05) is 20.3 Å². The number of dihydropyridines is 1. The zero-order valence-electron chi connectivity index (χ0n) is 21.3. The van der Waals surface area contributed by atoms with E-state index >= 15 is 0 Å². The van der Waals surface area contributed by atoms with Gasteiger partial charge in [0.15, 0.2) is 5.78 Å². The number of para-hydroxylation sites is 1. The normalized spacial score (nSPS) is 21.2. The molecule has 8 heteroatoms. The molecule has 1 heterocycles. The quantitative estimate of drug-likeness (QED) is 0.434. The maximum atomic E-state index is 14.3. The largest absolute Gasteiger partial charge is 0.496 e. The molecular formula is C29H30FNO6. The lowest BCUT2D eigenvalue weighted by atomic mass is 9.67. The fraction of sp³-hybridized carbons (Fsp3) is 0.345. The van der Waals surface area contributed by atoms with E-state index in [1.165, 1.54) is 19.2 Å². The summed E-state index contributed by atoms with van der Waals surface area (Å²) in [5, 5.41) is 3.25. The van der Waals surface area contributed by atoms with Crippen molar-refractivity contribution in [1.82, 2.24) is 5.32 Å². The van der Waals surface area contributed by atoms with Gasteiger partial charge in [-0.3, -0.25) is 9.59 Å². The molecule has 2 aliphatic rings. The van der Waals surface area contributed by atoms with Crippen LogP contribution in [0.1, 0.15) is 50.2 Å². The number of allylic oxidation sites excluding steroid dienone is 3. The Balaban J connectivity index is 1.91. The maximum Gasteiger partial charge on any atom is 0.336 e. The number of carbonyl (C=O) groups is 3. The Hall–Kier alpha value is -3.94. The summed E-state index contributed by atoms with van der Waals surface area (Å²) in [4.78, 5) is 40.6. The number of carbonyl (C=O) groups excluding carboxylic acids is 3. The van der Waals surface area contributed by atoms with Crippen LogP contribution in [0.5, 0.6) is 5.75 Å². The summed E-state index contributed by atoms with van der Waals surface area (Å²) in [6.45, 7) is 5.38. The number of halogens is 1. The molecule has 0 amide bonds. The summed E-state index contributed by atoms with van der Waals surface area (Å²) in [6, 6.07) is 12.9. The van der Waals surface area contributed by atoms with Crippen molar-refractivity contribution in [1.29, 1.82) is 0 Å². The van der Waals surface area contributed by atoms with Crippen LogP contribution in [0, 0.1) is 11.7 Å². The molecule has 2 aromatic carbocycles. The average molecular weight is 508 g/mol. The van der Waals surface area contributed by atoms with E-state index in [1.54, 1.807) is 39.0 Å². The van der Waals surface area contributed by atoms with Crippen LogP contribution in [0.3, 0.4) is 0 Å². The number of hydrogen-bond donors (Lipinski definition) is 1. The van der Waals surface area contributed by atoms with Crippen LogP contribution in [0.2, 0.25) is 0 Å². The van der Waals surface area contributed by atoms with Gasteiger partial charge in [-0.2, -0.15) is 0 Å². The molecule has 1 aliphatic carbocycles. The lowest BCUT2D eigenvalue weighted by molar-refractivity contribution is -0.152. The second-order valence-electron chi connectivity index (χ2n) is 8.91. The van der Waals surface area contributed by atoms with Gasteiger partial charge in [0.05, 0.1) is 25.9 Å². The average Bonchev–Trinajstić information content (AvgIpc) is 2.88. The molecule has 1 aliphatic heterocycles. The van der Waals surface area contributed by atoms with Crippen LogP contribution >= 0.6 is 0 Å². The van der Waals surface area contributed by atoms with Crippen LogP contribution in [-0.4, -0.2) is 38.0 Å². The van der Waals surface area contributed by atoms with Gasteiger partial charge >= 0.3 is 11.9 Å². The Bertz CT molecular complexity index is 1280. The van der Waals surface area contributed by atoms with Crippen molar-refractivity contribution < 1.29 is 33.0 Å². The molecule has 0 unspecified atom stereocenters. The number of ether oxygens (including phenoxy) is 3. The first kappa shape index (κ1) is 26.1. The number of benzene rings is 2.